The Kier molecular flexibility index (Phi) is 7.07. The normalized spacial score (nSPS) is 15.4. The van der Waals surface area contributed by atoms with Crippen LogP contribution in [0.4, 0.5) is 0 Å². The van der Waals surface area contributed by atoms with Gasteiger partial charge in [0.05, 0.1) is 0 Å². The minimum Gasteiger partial charge on any atom is -0.480 e. The molecule has 0 aromatic heterocycles. The third kappa shape index (κ3) is 6.38. The molecule has 0 fully saturated rings. The van der Waals surface area contributed by atoms with Crippen molar-refractivity contribution >= 4 is 17.7 Å². The second-order valence-corrected chi connectivity index (χ2v) is 6.28. The van der Waals surface area contributed by atoms with Gasteiger partial charge in [0, 0.05) is 11.8 Å². The highest BCUT2D eigenvalue weighted by atomic mass is 32.2. The molecule has 16 heavy (non-hydrogen) atoms. The number of hydrogen-bond donors (Lipinski definition) is 2. The molecule has 96 valence electrons. The third-order valence-corrected chi connectivity index (χ3v) is 3.62. The summed E-state index contributed by atoms with van der Waals surface area (Å²) in [6.07, 6.45) is 1.14. The van der Waals surface area contributed by atoms with Gasteiger partial charge in [-0.3, -0.25) is 10.1 Å². The predicted molar refractivity (Wildman–Crippen MR) is 71.1 cm³/mol. The lowest BCUT2D eigenvalue weighted by Gasteiger charge is -2.28. The summed E-state index contributed by atoms with van der Waals surface area (Å²) < 4.78 is 0. The van der Waals surface area contributed by atoms with Crippen LogP contribution in [0.2, 0.25) is 0 Å². The van der Waals surface area contributed by atoms with E-state index in [9.17, 15) is 9.90 Å². The summed E-state index contributed by atoms with van der Waals surface area (Å²) in [5, 5.41) is 12.3. The molecule has 0 aromatic carbocycles. The Bertz CT molecular complexity index is 219. The van der Waals surface area contributed by atoms with Crippen molar-refractivity contribution in [3.63, 3.8) is 0 Å². The van der Waals surface area contributed by atoms with Crippen LogP contribution >= 0.6 is 11.8 Å². The first-order chi connectivity index (χ1) is 7.28. The van der Waals surface area contributed by atoms with Crippen molar-refractivity contribution in [2.24, 2.45) is 5.92 Å². The number of carboxylic acid groups (broad SMARTS) is 1. The molecule has 3 nitrogen and oxygen atoms in total. The second kappa shape index (κ2) is 7.17. The Hall–Kier alpha value is -0.220. The zero-order valence-electron chi connectivity index (χ0n) is 11.0. The Balaban J connectivity index is 4.08. The molecule has 0 aromatic rings. The molecule has 0 aliphatic carbocycles. The molecule has 0 saturated heterocycles. The lowest BCUT2D eigenvalue weighted by atomic mass is 10.1. The number of aliphatic carboxylic acids is 1. The first-order valence-electron chi connectivity index (χ1n) is 5.86. The van der Waals surface area contributed by atoms with Crippen LogP contribution in [0.5, 0.6) is 0 Å². The van der Waals surface area contributed by atoms with Crippen molar-refractivity contribution in [1.82, 2.24) is 5.32 Å². The molecule has 4 heteroatoms. The van der Waals surface area contributed by atoms with E-state index in [4.69, 9.17) is 0 Å². The zero-order chi connectivity index (χ0) is 12.8. The van der Waals surface area contributed by atoms with Gasteiger partial charge in [0.1, 0.15) is 5.54 Å². The van der Waals surface area contributed by atoms with E-state index in [2.05, 4.69) is 19.2 Å². The van der Waals surface area contributed by atoms with Crippen molar-refractivity contribution in [2.45, 2.75) is 52.6 Å². The van der Waals surface area contributed by atoms with Crippen molar-refractivity contribution in [2.75, 3.05) is 11.5 Å². The van der Waals surface area contributed by atoms with Gasteiger partial charge in [-0.25, -0.2) is 0 Å². The van der Waals surface area contributed by atoms with Gasteiger partial charge < -0.3 is 5.11 Å². The number of nitrogens with one attached hydrogen (secondary N) is 1. The number of carbonyl (C=O) groups is 1. The van der Waals surface area contributed by atoms with Gasteiger partial charge in [-0.15, -0.1) is 0 Å². The summed E-state index contributed by atoms with van der Waals surface area (Å²) in [7, 11) is 0. The van der Waals surface area contributed by atoms with Crippen molar-refractivity contribution in [3.8, 4) is 0 Å². The number of thioether (sulfide) groups is 1. The van der Waals surface area contributed by atoms with Crippen molar-refractivity contribution < 1.29 is 9.90 Å². The summed E-state index contributed by atoms with van der Waals surface area (Å²) in [4.78, 5) is 11.2. The van der Waals surface area contributed by atoms with E-state index in [1.165, 1.54) is 0 Å². The van der Waals surface area contributed by atoms with Gasteiger partial charge in [0.15, 0.2) is 0 Å². The molecule has 0 aliphatic rings. The van der Waals surface area contributed by atoms with E-state index in [1.54, 1.807) is 18.7 Å². The number of rotatable bonds is 8. The fraction of sp³-hybridized carbons (Fsp3) is 0.917. The van der Waals surface area contributed by atoms with E-state index >= 15 is 0 Å². The SMILES string of the molecule is CC(C)CCSCC(C)(NC(C)C)C(=O)O. The Morgan fingerprint density at radius 2 is 1.94 bits per heavy atom. The topological polar surface area (TPSA) is 49.3 Å². The van der Waals surface area contributed by atoms with Gasteiger partial charge in [0.25, 0.3) is 0 Å². The third-order valence-electron chi connectivity index (χ3n) is 2.31. The minimum absolute atomic E-state index is 0.187. The average Bonchev–Trinajstić information content (AvgIpc) is 2.10. The quantitative estimate of drug-likeness (QED) is 0.647. The highest BCUT2D eigenvalue weighted by molar-refractivity contribution is 7.99. The van der Waals surface area contributed by atoms with E-state index in [0.29, 0.717) is 11.7 Å². The lowest BCUT2D eigenvalue weighted by molar-refractivity contribution is -0.143. The Morgan fingerprint density at radius 1 is 1.38 bits per heavy atom. The molecule has 2 N–H and O–H groups in total. The van der Waals surface area contributed by atoms with E-state index in [0.717, 1.165) is 12.2 Å². The molecule has 0 amide bonds. The van der Waals surface area contributed by atoms with Crippen LogP contribution in [0.25, 0.3) is 0 Å². The van der Waals surface area contributed by atoms with Crippen molar-refractivity contribution in [3.05, 3.63) is 0 Å². The molecule has 1 unspecified atom stereocenters. The summed E-state index contributed by atoms with van der Waals surface area (Å²) in [5.74, 6) is 1.56. The Labute approximate surface area is 103 Å². The summed E-state index contributed by atoms with van der Waals surface area (Å²) >= 11 is 1.72. The highest BCUT2D eigenvalue weighted by Gasteiger charge is 2.33. The van der Waals surface area contributed by atoms with E-state index < -0.39 is 11.5 Å². The molecule has 0 rings (SSSR count). The Morgan fingerprint density at radius 3 is 2.31 bits per heavy atom. The maximum Gasteiger partial charge on any atom is 0.324 e. The maximum atomic E-state index is 11.2. The predicted octanol–water partition coefficient (Wildman–Crippen LogP) is 2.61. The minimum atomic E-state index is -0.810. The van der Waals surface area contributed by atoms with Gasteiger partial charge in [0.2, 0.25) is 0 Å². The fourth-order valence-electron chi connectivity index (χ4n) is 1.40. The summed E-state index contributed by atoms with van der Waals surface area (Å²) in [6, 6.07) is 0.187. The molecule has 0 heterocycles. The summed E-state index contributed by atoms with van der Waals surface area (Å²) in [5.41, 5.74) is -0.810. The fourth-order valence-corrected chi connectivity index (χ4v) is 2.80. The van der Waals surface area contributed by atoms with E-state index in [-0.39, 0.29) is 6.04 Å². The molecule has 0 bridgehead atoms. The van der Waals surface area contributed by atoms with Crippen LogP contribution in [0.15, 0.2) is 0 Å². The van der Waals surface area contributed by atoms with Gasteiger partial charge >= 0.3 is 5.97 Å². The second-order valence-electron chi connectivity index (χ2n) is 5.17. The van der Waals surface area contributed by atoms with Crippen LogP contribution in [-0.4, -0.2) is 34.2 Å². The molecule has 0 aliphatic heterocycles. The number of carboxylic acids is 1. The van der Waals surface area contributed by atoms with Crippen LogP contribution in [0.1, 0.15) is 41.0 Å². The molecular formula is C12H25NO2S. The molecule has 0 spiro atoms. The largest absolute Gasteiger partial charge is 0.480 e. The standard InChI is InChI=1S/C12H25NO2S/c1-9(2)6-7-16-8-12(5,11(14)15)13-10(3)4/h9-10,13H,6-8H2,1-5H3,(H,14,15). The first kappa shape index (κ1) is 15.8. The zero-order valence-corrected chi connectivity index (χ0v) is 11.9. The van der Waals surface area contributed by atoms with Crippen molar-refractivity contribution in [1.29, 1.82) is 0 Å². The average molecular weight is 247 g/mol. The molecule has 0 radical (unpaired) electrons. The smallest absolute Gasteiger partial charge is 0.324 e. The maximum absolute atomic E-state index is 11.2. The number of hydrogen-bond acceptors (Lipinski definition) is 3. The van der Waals surface area contributed by atoms with E-state index in [1.807, 2.05) is 13.8 Å². The molecule has 0 saturated carbocycles. The first-order valence-corrected chi connectivity index (χ1v) is 7.02. The van der Waals surface area contributed by atoms with Crippen LogP contribution in [-0.2, 0) is 4.79 Å². The van der Waals surface area contributed by atoms with Gasteiger partial charge in [-0.05, 0) is 38.9 Å². The highest BCUT2D eigenvalue weighted by Crippen LogP contribution is 2.17. The van der Waals surface area contributed by atoms with Gasteiger partial charge in [-0.2, -0.15) is 11.8 Å². The monoisotopic (exact) mass is 247 g/mol. The lowest BCUT2D eigenvalue weighted by Crippen LogP contribution is -2.54. The van der Waals surface area contributed by atoms with Crippen LogP contribution in [0.3, 0.4) is 0 Å². The molecular weight excluding hydrogens is 222 g/mol. The van der Waals surface area contributed by atoms with Crippen LogP contribution in [0, 0.1) is 5.92 Å². The molecule has 1 atom stereocenters. The summed E-state index contributed by atoms with van der Waals surface area (Å²) in [6.45, 7) is 10.1. The van der Waals surface area contributed by atoms with Gasteiger partial charge in [-0.1, -0.05) is 13.8 Å². The van der Waals surface area contributed by atoms with Crippen LogP contribution < -0.4 is 5.32 Å².